The number of carbonyl (C=O) groups is 1. The molecule has 0 radical (unpaired) electrons. The Morgan fingerprint density at radius 2 is 1.94 bits per heavy atom. The second kappa shape index (κ2) is 3.96. The summed E-state index contributed by atoms with van der Waals surface area (Å²) in [5.41, 5.74) is 0.121. The highest BCUT2D eigenvalue weighted by Crippen LogP contribution is 2.38. The largest absolute Gasteiger partial charge is 0.294 e. The molecule has 0 aromatic heterocycles. The molecule has 1 aliphatic carbocycles. The Hall–Kier alpha value is -1.25. The first-order valence-corrected chi connectivity index (χ1v) is 5.50. The molecule has 0 bridgehead atoms. The lowest BCUT2D eigenvalue weighted by molar-refractivity contribution is 0.0911. The van der Waals surface area contributed by atoms with Crippen LogP contribution in [-0.4, -0.2) is 5.78 Å². The highest BCUT2D eigenvalue weighted by Gasteiger charge is 2.34. The van der Waals surface area contributed by atoms with Crippen LogP contribution in [0.15, 0.2) is 12.1 Å². The molecule has 16 heavy (non-hydrogen) atoms. The highest BCUT2D eigenvalue weighted by molar-refractivity contribution is 5.98. The summed E-state index contributed by atoms with van der Waals surface area (Å²) in [5.74, 6) is -1.25. The van der Waals surface area contributed by atoms with Crippen LogP contribution in [0.4, 0.5) is 8.78 Å². The molecule has 1 atom stereocenters. The lowest BCUT2D eigenvalue weighted by atomic mass is 9.94. The van der Waals surface area contributed by atoms with Gasteiger partial charge in [0.15, 0.2) is 5.78 Å². The Balaban J connectivity index is 2.32. The number of aryl methyl sites for hydroxylation is 1. The third kappa shape index (κ3) is 1.99. The fourth-order valence-electron chi connectivity index (χ4n) is 1.89. The van der Waals surface area contributed by atoms with E-state index in [-0.39, 0.29) is 22.8 Å². The number of ketones is 1. The summed E-state index contributed by atoms with van der Waals surface area (Å²) in [4.78, 5) is 11.9. The van der Waals surface area contributed by atoms with E-state index in [1.54, 1.807) is 6.92 Å². The summed E-state index contributed by atoms with van der Waals surface area (Å²) < 4.78 is 26.8. The SMILES string of the molecule is Cc1cc(F)c(C(=O)C(C)C2CC2)cc1F. The summed E-state index contributed by atoms with van der Waals surface area (Å²) in [7, 11) is 0. The Labute approximate surface area is 93.5 Å². The van der Waals surface area contributed by atoms with Crippen LogP contribution in [0.1, 0.15) is 35.7 Å². The van der Waals surface area contributed by atoms with Crippen molar-refractivity contribution in [1.82, 2.24) is 0 Å². The van der Waals surface area contributed by atoms with Crippen LogP contribution in [-0.2, 0) is 0 Å². The first-order valence-electron chi connectivity index (χ1n) is 5.50. The van der Waals surface area contributed by atoms with E-state index in [1.165, 1.54) is 6.92 Å². The van der Waals surface area contributed by atoms with Crippen molar-refractivity contribution < 1.29 is 13.6 Å². The number of carbonyl (C=O) groups excluding carboxylic acids is 1. The molecule has 1 aliphatic rings. The van der Waals surface area contributed by atoms with Crippen LogP contribution < -0.4 is 0 Å². The Kier molecular flexibility index (Phi) is 2.78. The molecule has 1 aromatic carbocycles. The van der Waals surface area contributed by atoms with Crippen molar-refractivity contribution in [3.63, 3.8) is 0 Å². The van der Waals surface area contributed by atoms with Gasteiger partial charge in [0.25, 0.3) is 0 Å². The number of hydrogen-bond donors (Lipinski definition) is 0. The molecule has 2 rings (SSSR count). The van der Waals surface area contributed by atoms with Gasteiger partial charge in [0.1, 0.15) is 11.6 Å². The van der Waals surface area contributed by atoms with E-state index in [0.29, 0.717) is 5.92 Å². The van der Waals surface area contributed by atoms with Gasteiger partial charge in [0.2, 0.25) is 0 Å². The van der Waals surface area contributed by atoms with Crippen molar-refractivity contribution in [2.45, 2.75) is 26.7 Å². The predicted molar refractivity (Wildman–Crippen MR) is 57.3 cm³/mol. The van der Waals surface area contributed by atoms with Gasteiger partial charge < -0.3 is 0 Å². The summed E-state index contributed by atoms with van der Waals surface area (Å²) in [6.07, 6.45) is 2.03. The van der Waals surface area contributed by atoms with Crippen molar-refractivity contribution in [3.05, 3.63) is 34.9 Å². The molecule has 0 saturated heterocycles. The van der Waals surface area contributed by atoms with Gasteiger partial charge >= 0.3 is 0 Å². The molecule has 0 aliphatic heterocycles. The first-order chi connectivity index (χ1) is 7.50. The highest BCUT2D eigenvalue weighted by atomic mass is 19.1. The topological polar surface area (TPSA) is 17.1 Å². The van der Waals surface area contributed by atoms with Crippen LogP contribution in [0.2, 0.25) is 0 Å². The van der Waals surface area contributed by atoms with Crippen LogP contribution in [0, 0.1) is 30.4 Å². The smallest absolute Gasteiger partial charge is 0.168 e. The summed E-state index contributed by atoms with van der Waals surface area (Å²) in [6.45, 7) is 3.27. The van der Waals surface area contributed by atoms with Crippen LogP contribution in [0.5, 0.6) is 0 Å². The molecule has 0 N–H and O–H groups in total. The maximum atomic E-state index is 13.5. The standard InChI is InChI=1S/C13H14F2O/c1-7-5-12(15)10(6-11(7)14)13(16)8(2)9-3-4-9/h5-6,8-9H,3-4H2,1-2H3. The zero-order valence-electron chi connectivity index (χ0n) is 9.39. The summed E-state index contributed by atoms with van der Waals surface area (Å²) >= 11 is 0. The van der Waals surface area contributed by atoms with Gasteiger partial charge in [-0.15, -0.1) is 0 Å². The van der Waals surface area contributed by atoms with Gasteiger partial charge in [-0.3, -0.25) is 4.79 Å². The van der Waals surface area contributed by atoms with E-state index in [4.69, 9.17) is 0 Å². The van der Waals surface area contributed by atoms with E-state index in [2.05, 4.69) is 0 Å². The van der Waals surface area contributed by atoms with Gasteiger partial charge in [-0.25, -0.2) is 8.78 Å². The van der Waals surface area contributed by atoms with Gasteiger partial charge in [-0.05, 0) is 43.4 Å². The molecular formula is C13H14F2O. The van der Waals surface area contributed by atoms with Crippen molar-refractivity contribution >= 4 is 5.78 Å². The fourth-order valence-corrected chi connectivity index (χ4v) is 1.89. The van der Waals surface area contributed by atoms with Crippen molar-refractivity contribution in [1.29, 1.82) is 0 Å². The van der Waals surface area contributed by atoms with Crippen molar-refractivity contribution in [3.8, 4) is 0 Å². The summed E-state index contributed by atoms with van der Waals surface area (Å²) in [6, 6.07) is 2.11. The lowest BCUT2D eigenvalue weighted by Crippen LogP contribution is -2.15. The third-order valence-corrected chi connectivity index (χ3v) is 3.26. The van der Waals surface area contributed by atoms with Crippen LogP contribution in [0.3, 0.4) is 0 Å². The Morgan fingerprint density at radius 1 is 1.31 bits per heavy atom. The van der Waals surface area contributed by atoms with Crippen LogP contribution >= 0.6 is 0 Å². The van der Waals surface area contributed by atoms with Gasteiger partial charge in [0, 0.05) is 5.92 Å². The third-order valence-electron chi connectivity index (χ3n) is 3.26. The number of Topliss-reactive ketones (excluding diaryl/α,β-unsaturated/α-hetero) is 1. The minimum atomic E-state index is -0.614. The molecular weight excluding hydrogens is 210 g/mol. The number of benzene rings is 1. The van der Waals surface area contributed by atoms with Gasteiger partial charge in [-0.1, -0.05) is 6.92 Å². The Morgan fingerprint density at radius 3 is 2.50 bits per heavy atom. The fraction of sp³-hybridized carbons (Fsp3) is 0.462. The number of rotatable bonds is 3. The molecule has 86 valence electrons. The zero-order valence-corrected chi connectivity index (χ0v) is 9.39. The summed E-state index contributed by atoms with van der Waals surface area (Å²) in [5, 5.41) is 0. The second-order valence-corrected chi connectivity index (χ2v) is 4.57. The molecule has 1 fully saturated rings. The van der Waals surface area contributed by atoms with E-state index < -0.39 is 11.6 Å². The molecule has 3 heteroatoms. The lowest BCUT2D eigenvalue weighted by Gasteiger charge is -2.10. The Bertz CT molecular complexity index is 436. The monoisotopic (exact) mass is 224 g/mol. The maximum absolute atomic E-state index is 13.5. The molecule has 0 amide bonds. The maximum Gasteiger partial charge on any atom is 0.168 e. The number of hydrogen-bond acceptors (Lipinski definition) is 1. The minimum Gasteiger partial charge on any atom is -0.294 e. The second-order valence-electron chi connectivity index (χ2n) is 4.57. The number of halogens is 2. The molecule has 1 nitrogen and oxygen atoms in total. The average molecular weight is 224 g/mol. The molecule has 0 heterocycles. The van der Waals surface area contributed by atoms with Gasteiger partial charge in [-0.2, -0.15) is 0 Å². The van der Waals surface area contributed by atoms with Crippen molar-refractivity contribution in [2.24, 2.45) is 11.8 Å². The quantitative estimate of drug-likeness (QED) is 0.718. The molecule has 1 aromatic rings. The minimum absolute atomic E-state index is 0.109. The molecule has 1 saturated carbocycles. The van der Waals surface area contributed by atoms with E-state index in [0.717, 1.165) is 25.0 Å². The van der Waals surface area contributed by atoms with Crippen LogP contribution in [0.25, 0.3) is 0 Å². The predicted octanol–water partition coefficient (Wildman–Crippen LogP) is 3.50. The zero-order chi connectivity index (χ0) is 11.9. The van der Waals surface area contributed by atoms with Gasteiger partial charge in [0.05, 0.1) is 5.56 Å². The van der Waals surface area contributed by atoms with Crippen molar-refractivity contribution in [2.75, 3.05) is 0 Å². The first kappa shape index (κ1) is 11.2. The average Bonchev–Trinajstić information content (AvgIpc) is 3.05. The van der Waals surface area contributed by atoms with E-state index in [1.807, 2.05) is 0 Å². The molecule has 0 spiro atoms. The molecule has 1 unspecified atom stereocenters. The van der Waals surface area contributed by atoms with E-state index in [9.17, 15) is 13.6 Å². The van der Waals surface area contributed by atoms with E-state index >= 15 is 0 Å². The normalized spacial score (nSPS) is 17.2.